The molecule has 0 unspecified atom stereocenters. The second-order valence-electron chi connectivity index (χ2n) is 8.49. The minimum absolute atomic E-state index is 0.0230. The van der Waals surface area contributed by atoms with E-state index in [2.05, 4.69) is 27.9 Å². The predicted molar refractivity (Wildman–Crippen MR) is 117 cm³/mol. The highest BCUT2D eigenvalue weighted by Crippen LogP contribution is 2.52. The zero-order valence-electron chi connectivity index (χ0n) is 18.0. The van der Waals surface area contributed by atoms with Gasteiger partial charge >= 0.3 is 6.29 Å². The van der Waals surface area contributed by atoms with Crippen molar-refractivity contribution in [3.8, 4) is 11.5 Å². The highest BCUT2D eigenvalue weighted by Gasteiger charge is 2.53. The highest BCUT2D eigenvalue weighted by molar-refractivity contribution is 5.91. The molecule has 0 bridgehead atoms. The summed E-state index contributed by atoms with van der Waals surface area (Å²) in [7, 11) is 0. The number of hydrogen-bond acceptors (Lipinski definition) is 4. The molecule has 4 rings (SSSR count). The molecular weight excluding hydrogens is 416 g/mol. The number of benzene rings is 1. The molecule has 1 saturated carbocycles. The van der Waals surface area contributed by atoms with Gasteiger partial charge in [-0.25, -0.2) is 0 Å². The van der Waals surface area contributed by atoms with Crippen LogP contribution in [0, 0.1) is 0 Å². The van der Waals surface area contributed by atoms with Gasteiger partial charge < -0.3 is 19.5 Å². The Hall–Kier alpha value is -2.93. The third kappa shape index (κ3) is 4.48. The number of rotatable bonds is 7. The molecule has 3 aliphatic rings. The zero-order valence-corrected chi connectivity index (χ0v) is 18.0. The van der Waals surface area contributed by atoms with E-state index in [9.17, 15) is 13.6 Å². The van der Waals surface area contributed by atoms with Crippen LogP contribution in [-0.4, -0.2) is 30.5 Å². The molecule has 0 spiro atoms. The molecule has 1 aromatic carbocycles. The van der Waals surface area contributed by atoms with E-state index in [1.807, 2.05) is 25.2 Å². The molecule has 2 aliphatic heterocycles. The Bertz CT molecular complexity index is 980. The van der Waals surface area contributed by atoms with Gasteiger partial charge in [0.2, 0.25) is 5.91 Å². The lowest BCUT2D eigenvalue weighted by molar-refractivity contribution is -0.286. The van der Waals surface area contributed by atoms with Crippen molar-refractivity contribution >= 4 is 5.91 Å². The van der Waals surface area contributed by atoms with Crippen LogP contribution in [0.2, 0.25) is 0 Å². The number of fused-ring (bicyclic) bond motifs is 1. The minimum atomic E-state index is -3.68. The van der Waals surface area contributed by atoms with E-state index in [0.29, 0.717) is 31.2 Å². The van der Waals surface area contributed by atoms with E-state index >= 15 is 0 Å². The number of halogens is 2. The molecule has 0 aromatic heterocycles. The van der Waals surface area contributed by atoms with Crippen LogP contribution in [0.4, 0.5) is 8.78 Å². The Morgan fingerprint density at radius 2 is 1.91 bits per heavy atom. The standard InChI is InChI=1S/C25H27F2NO4/c1-4-6-8-17(7-5-2)21-15-19(13-16(3)30-21)28-23(29)24(11-12-24)18-9-10-20-22(14-18)32-25(26,27)31-20/h4-10,14,16,19,21H,1-2,11-13,15H2,3H3,(H,28,29)/b8-6-,17-7+/t16-,19+,21-/m1/s1. The molecular formula is C25H27F2NO4. The second kappa shape index (κ2) is 8.54. The molecule has 1 aromatic rings. The summed E-state index contributed by atoms with van der Waals surface area (Å²) in [6.07, 6.45) is 7.81. The maximum atomic E-state index is 13.4. The number of alkyl halides is 2. The quantitative estimate of drug-likeness (QED) is 0.606. The molecule has 170 valence electrons. The number of carbonyl (C=O) groups excluding carboxylic acids is 1. The number of hydrogen-bond donors (Lipinski definition) is 1. The first-order chi connectivity index (χ1) is 15.3. The van der Waals surface area contributed by atoms with E-state index in [4.69, 9.17) is 4.74 Å². The van der Waals surface area contributed by atoms with Gasteiger partial charge in [-0.1, -0.05) is 49.6 Å². The van der Waals surface area contributed by atoms with Gasteiger partial charge in [-0.3, -0.25) is 4.79 Å². The summed E-state index contributed by atoms with van der Waals surface area (Å²) in [6.45, 7) is 9.46. The number of ether oxygens (including phenoxy) is 3. The molecule has 1 amide bonds. The maximum Gasteiger partial charge on any atom is 0.586 e. The summed E-state index contributed by atoms with van der Waals surface area (Å²) in [6, 6.07) is 4.52. The van der Waals surface area contributed by atoms with Crippen molar-refractivity contribution in [2.24, 2.45) is 0 Å². The van der Waals surface area contributed by atoms with E-state index in [-0.39, 0.29) is 35.7 Å². The minimum Gasteiger partial charge on any atom is -0.395 e. The van der Waals surface area contributed by atoms with Gasteiger partial charge in [0, 0.05) is 6.04 Å². The monoisotopic (exact) mass is 443 g/mol. The number of allylic oxidation sites excluding steroid dienone is 4. The lowest BCUT2D eigenvalue weighted by Crippen LogP contribution is -2.48. The lowest BCUT2D eigenvalue weighted by atomic mass is 9.91. The first-order valence-corrected chi connectivity index (χ1v) is 10.7. The topological polar surface area (TPSA) is 56.8 Å². The van der Waals surface area contributed by atoms with Gasteiger partial charge in [0.05, 0.1) is 17.6 Å². The van der Waals surface area contributed by atoms with Crippen LogP contribution in [0.3, 0.4) is 0 Å². The van der Waals surface area contributed by atoms with E-state index < -0.39 is 11.7 Å². The average Bonchev–Trinajstić information content (AvgIpc) is 3.48. The number of amides is 1. The molecule has 7 heteroatoms. The van der Waals surface area contributed by atoms with E-state index in [1.54, 1.807) is 18.2 Å². The van der Waals surface area contributed by atoms with E-state index in [0.717, 1.165) is 5.57 Å². The van der Waals surface area contributed by atoms with Crippen molar-refractivity contribution in [1.29, 1.82) is 0 Å². The normalized spacial score (nSPS) is 27.7. The van der Waals surface area contributed by atoms with Crippen LogP contribution in [0.5, 0.6) is 11.5 Å². The molecule has 0 radical (unpaired) electrons. The maximum absolute atomic E-state index is 13.4. The summed E-state index contributed by atoms with van der Waals surface area (Å²) < 4.78 is 41.9. The Kier molecular flexibility index (Phi) is 5.95. The van der Waals surface area contributed by atoms with Crippen LogP contribution in [0.1, 0.15) is 38.2 Å². The lowest BCUT2D eigenvalue weighted by Gasteiger charge is -2.35. The second-order valence-corrected chi connectivity index (χ2v) is 8.49. The third-order valence-electron chi connectivity index (χ3n) is 6.09. The van der Waals surface area contributed by atoms with Crippen molar-refractivity contribution in [3.63, 3.8) is 0 Å². The fourth-order valence-electron chi connectivity index (χ4n) is 4.41. The van der Waals surface area contributed by atoms with Crippen LogP contribution in [0.15, 0.2) is 67.3 Å². The smallest absolute Gasteiger partial charge is 0.395 e. The Morgan fingerprint density at radius 1 is 1.16 bits per heavy atom. The van der Waals surface area contributed by atoms with E-state index in [1.165, 1.54) is 12.1 Å². The van der Waals surface area contributed by atoms with Gasteiger partial charge in [0.1, 0.15) is 0 Å². The van der Waals surface area contributed by atoms with Crippen molar-refractivity contribution in [3.05, 3.63) is 72.9 Å². The van der Waals surface area contributed by atoms with Crippen LogP contribution in [-0.2, 0) is 14.9 Å². The first kappa shape index (κ1) is 22.3. The van der Waals surface area contributed by atoms with Gasteiger partial charge in [-0.15, -0.1) is 8.78 Å². The van der Waals surface area contributed by atoms with Gasteiger partial charge in [0.15, 0.2) is 11.5 Å². The average molecular weight is 443 g/mol. The number of carbonyl (C=O) groups is 1. The summed E-state index contributed by atoms with van der Waals surface area (Å²) in [5.74, 6) is -0.165. The van der Waals surface area contributed by atoms with Crippen molar-refractivity contribution in [2.45, 2.75) is 62.6 Å². The number of nitrogens with one attached hydrogen (secondary N) is 1. The molecule has 2 fully saturated rings. The van der Waals surface area contributed by atoms with Crippen molar-refractivity contribution in [2.75, 3.05) is 0 Å². The fraction of sp³-hybridized carbons (Fsp3) is 0.400. The van der Waals surface area contributed by atoms with Gasteiger partial charge in [-0.2, -0.15) is 0 Å². The Labute approximate surface area is 186 Å². The summed E-state index contributed by atoms with van der Waals surface area (Å²) >= 11 is 0. The van der Waals surface area contributed by atoms with Crippen molar-refractivity contribution < 1.29 is 27.8 Å². The van der Waals surface area contributed by atoms with Crippen LogP contribution in [0.25, 0.3) is 0 Å². The SMILES string of the molecule is C=C/C=C\C(=C/C=C)[C@H]1C[C@@H](NC(=O)C2(c3ccc4c(c3)OC(F)(F)O4)CC2)C[C@@H](C)O1. The Balaban J connectivity index is 1.48. The third-order valence-corrected chi connectivity index (χ3v) is 6.09. The van der Waals surface area contributed by atoms with Gasteiger partial charge in [0.25, 0.3) is 0 Å². The molecule has 32 heavy (non-hydrogen) atoms. The Morgan fingerprint density at radius 3 is 2.59 bits per heavy atom. The molecule has 2 heterocycles. The first-order valence-electron chi connectivity index (χ1n) is 10.7. The largest absolute Gasteiger partial charge is 0.586 e. The molecule has 1 N–H and O–H groups in total. The molecule has 1 aliphatic carbocycles. The van der Waals surface area contributed by atoms with Crippen molar-refractivity contribution in [1.82, 2.24) is 5.32 Å². The fourth-order valence-corrected chi connectivity index (χ4v) is 4.41. The van der Waals surface area contributed by atoms with Crippen LogP contribution >= 0.6 is 0 Å². The predicted octanol–water partition coefficient (Wildman–Crippen LogP) is 4.95. The van der Waals surface area contributed by atoms with Crippen LogP contribution < -0.4 is 14.8 Å². The van der Waals surface area contributed by atoms with Gasteiger partial charge in [-0.05, 0) is 55.9 Å². The summed E-state index contributed by atoms with van der Waals surface area (Å²) in [4.78, 5) is 13.3. The molecule has 1 saturated heterocycles. The summed E-state index contributed by atoms with van der Waals surface area (Å²) in [5, 5.41) is 3.18. The molecule has 3 atom stereocenters. The summed E-state index contributed by atoms with van der Waals surface area (Å²) in [5.41, 5.74) is 0.895. The zero-order chi connectivity index (χ0) is 22.9. The molecule has 5 nitrogen and oxygen atoms in total. The highest BCUT2D eigenvalue weighted by atomic mass is 19.3.